The van der Waals surface area contributed by atoms with Gasteiger partial charge in [-0.15, -0.1) is 0 Å². The van der Waals surface area contributed by atoms with Gasteiger partial charge in [-0.1, -0.05) is 12.1 Å². The Morgan fingerprint density at radius 1 is 1.30 bits per heavy atom. The molecule has 0 aliphatic carbocycles. The first kappa shape index (κ1) is 22.8. The Balaban J connectivity index is 1.60. The SMILES string of the molecule is CN=C(NCC1CCN(S(C)(=O)=O)C1)N1CCOC(c2cccc(C(F)(F)F)c2)C1. The molecule has 1 aromatic rings. The average molecular weight is 449 g/mol. The number of alkyl halides is 3. The lowest BCUT2D eigenvalue weighted by atomic mass is 10.0. The third-order valence-electron chi connectivity index (χ3n) is 5.43. The van der Waals surface area contributed by atoms with Crippen LogP contribution in [-0.4, -0.2) is 76.2 Å². The molecule has 2 unspecified atom stereocenters. The van der Waals surface area contributed by atoms with Crippen LogP contribution in [0.4, 0.5) is 13.2 Å². The van der Waals surface area contributed by atoms with E-state index < -0.39 is 27.9 Å². The molecule has 0 bridgehead atoms. The molecular weight excluding hydrogens is 421 g/mol. The number of morpholine rings is 1. The number of nitrogens with one attached hydrogen (secondary N) is 1. The molecule has 2 fully saturated rings. The maximum atomic E-state index is 13.0. The fraction of sp³-hybridized carbons (Fsp3) is 0.632. The topological polar surface area (TPSA) is 74.2 Å². The van der Waals surface area contributed by atoms with Crippen LogP contribution in [0.2, 0.25) is 0 Å². The summed E-state index contributed by atoms with van der Waals surface area (Å²) < 4.78 is 69.6. The number of guanidine groups is 1. The van der Waals surface area contributed by atoms with Gasteiger partial charge in [0.2, 0.25) is 10.0 Å². The third-order valence-corrected chi connectivity index (χ3v) is 6.70. The summed E-state index contributed by atoms with van der Waals surface area (Å²) in [5.74, 6) is 0.810. The molecule has 30 heavy (non-hydrogen) atoms. The Bertz CT molecular complexity index is 876. The van der Waals surface area contributed by atoms with Gasteiger partial charge in [0.1, 0.15) is 6.10 Å². The second kappa shape index (κ2) is 9.11. The number of nitrogens with zero attached hydrogens (tertiary/aromatic N) is 3. The van der Waals surface area contributed by atoms with Crippen LogP contribution in [0, 0.1) is 5.92 Å². The van der Waals surface area contributed by atoms with Gasteiger partial charge in [0, 0.05) is 33.2 Å². The Kier molecular flexibility index (Phi) is 6.93. The molecule has 2 heterocycles. The van der Waals surface area contributed by atoms with E-state index in [1.165, 1.54) is 16.6 Å². The summed E-state index contributed by atoms with van der Waals surface area (Å²) >= 11 is 0. The highest BCUT2D eigenvalue weighted by Crippen LogP contribution is 2.32. The van der Waals surface area contributed by atoms with Gasteiger partial charge in [0.25, 0.3) is 0 Å². The smallest absolute Gasteiger partial charge is 0.370 e. The standard InChI is InChI=1S/C19H27F3N4O3S/c1-23-18(24-11-14-6-7-26(12-14)30(2,27)28)25-8-9-29-17(13-25)15-4-3-5-16(10-15)19(20,21)22/h3-5,10,14,17H,6-9,11-13H2,1-2H3,(H,23,24). The Labute approximate surface area is 174 Å². The second-order valence-electron chi connectivity index (χ2n) is 7.63. The normalized spacial score (nSPS) is 24.3. The highest BCUT2D eigenvalue weighted by atomic mass is 32.2. The highest BCUT2D eigenvalue weighted by molar-refractivity contribution is 7.88. The molecule has 2 saturated heterocycles. The zero-order chi connectivity index (χ0) is 21.9. The average Bonchev–Trinajstić information content (AvgIpc) is 3.18. The fourth-order valence-corrected chi connectivity index (χ4v) is 4.71. The number of benzene rings is 1. The summed E-state index contributed by atoms with van der Waals surface area (Å²) in [5.41, 5.74) is -0.218. The molecule has 2 aliphatic heterocycles. The van der Waals surface area contributed by atoms with Crippen LogP contribution in [0.25, 0.3) is 0 Å². The number of hydrogen-bond acceptors (Lipinski definition) is 4. The number of halogens is 3. The number of sulfonamides is 1. The number of hydrogen-bond donors (Lipinski definition) is 1. The molecule has 1 aromatic carbocycles. The van der Waals surface area contributed by atoms with Gasteiger partial charge in [-0.25, -0.2) is 12.7 Å². The van der Waals surface area contributed by atoms with Crippen molar-refractivity contribution >= 4 is 16.0 Å². The van der Waals surface area contributed by atoms with Gasteiger partial charge >= 0.3 is 6.18 Å². The molecule has 7 nitrogen and oxygen atoms in total. The van der Waals surface area contributed by atoms with Gasteiger partial charge in [-0.05, 0) is 30.0 Å². The molecule has 2 atom stereocenters. The van der Waals surface area contributed by atoms with Crippen molar-refractivity contribution in [3.63, 3.8) is 0 Å². The minimum atomic E-state index is -4.40. The maximum absolute atomic E-state index is 13.0. The summed E-state index contributed by atoms with van der Waals surface area (Å²) in [6.45, 7) is 2.87. The van der Waals surface area contributed by atoms with Gasteiger partial charge in [0.15, 0.2) is 5.96 Å². The van der Waals surface area contributed by atoms with E-state index in [0.717, 1.165) is 18.6 Å². The number of rotatable bonds is 4. The van der Waals surface area contributed by atoms with Gasteiger partial charge in [0.05, 0.1) is 25.0 Å². The first-order valence-electron chi connectivity index (χ1n) is 9.77. The first-order valence-corrected chi connectivity index (χ1v) is 11.6. The van der Waals surface area contributed by atoms with E-state index in [-0.39, 0.29) is 5.92 Å². The summed E-state index contributed by atoms with van der Waals surface area (Å²) in [7, 11) is -1.54. The Morgan fingerprint density at radius 3 is 2.70 bits per heavy atom. The summed E-state index contributed by atoms with van der Waals surface area (Å²) in [4.78, 5) is 6.25. The molecule has 0 saturated carbocycles. The molecule has 0 aromatic heterocycles. The summed E-state index contributed by atoms with van der Waals surface area (Å²) in [6.07, 6.45) is -2.91. The van der Waals surface area contributed by atoms with Crippen LogP contribution in [0.15, 0.2) is 29.3 Å². The summed E-state index contributed by atoms with van der Waals surface area (Å²) in [5, 5.41) is 3.28. The molecule has 168 valence electrons. The van der Waals surface area contributed by atoms with Crippen molar-refractivity contribution < 1.29 is 26.3 Å². The van der Waals surface area contributed by atoms with Crippen LogP contribution < -0.4 is 5.32 Å². The lowest BCUT2D eigenvalue weighted by Gasteiger charge is -2.35. The van der Waals surface area contributed by atoms with Gasteiger partial charge in [-0.3, -0.25) is 4.99 Å². The molecule has 0 amide bonds. The largest absolute Gasteiger partial charge is 0.416 e. The van der Waals surface area contributed by atoms with Crippen LogP contribution in [-0.2, 0) is 20.9 Å². The molecular formula is C19H27F3N4O3S. The summed E-state index contributed by atoms with van der Waals surface area (Å²) in [6, 6.07) is 5.20. The van der Waals surface area contributed by atoms with Crippen molar-refractivity contribution in [3.8, 4) is 0 Å². The van der Waals surface area contributed by atoms with Crippen LogP contribution >= 0.6 is 0 Å². The van der Waals surface area contributed by atoms with Gasteiger partial charge in [-0.2, -0.15) is 13.2 Å². The van der Waals surface area contributed by atoms with E-state index in [2.05, 4.69) is 10.3 Å². The lowest BCUT2D eigenvalue weighted by Crippen LogP contribution is -2.49. The molecule has 1 N–H and O–H groups in total. The van der Waals surface area contributed by atoms with Crippen molar-refractivity contribution in [1.82, 2.24) is 14.5 Å². The number of aliphatic imine (C=N–C) groups is 1. The van der Waals surface area contributed by atoms with E-state index in [4.69, 9.17) is 4.74 Å². The second-order valence-corrected chi connectivity index (χ2v) is 9.61. The van der Waals surface area contributed by atoms with E-state index in [1.807, 2.05) is 4.90 Å². The predicted octanol–water partition coefficient (Wildman–Crippen LogP) is 1.94. The van der Waals surface area contributed by atoms with Crippen molar-refractivity contribution in [3.05, 3.63) is 35.4 Å². The molecule has 0 radical (unpaired) electrons. The van der Waals surface area contributed by atoms with Crippen LogP contribution in [0.3, 0.4) is 0 Å². The third kappa shape index (κ3) is 5.64. The quantitative estimate of drug-likeness (QED) is 0.563. The monoisotopic (exact) mass is 448 g/mol. The molecule has 0 spiro atoms. The molecule has 2 aliphatic rings. The van der Waals surface area contributed by atoms with E-state index in [9.17, 15) is 21.6 Å². The van der Waals surface area contributed by atoms with Crippen molar-refractivity contribution in [2.75, 3.05) is 52.6 Å². The lowest BCUT2D eigenvalue weighted by molar-refractivity contribution is -0.137. The fourth-order valence-electron chi connectivity index (χ4n) is 3.79. The zero-order valence-electron chi connectivity index (χ0n) is 17.0. The maximum Gasteiger partial charge on any atom is 0.416 e. The van der Waals surface area contributed by atoms with Crippen molar-refractivity contribution in [1.29, 1.82) is 0 Å². The van der Waals surface area contributed by atoms with E-state index in [0.29, 0.717) is 50.9 Å². The minimum Gasteiger partial charge on any atom is -0.370 e. The molecule has 11 heteroatoms. The van der Waals surface area contributed by atoms with Crippen LogP contribution in [0.1, 0.15) is 23.7 Å². The Morgan fingerprint density at radius 2 is 2.07 bits per heavy atom. The van der Waals surface area contributed by atoms with Crippen molar-refractivity contribution in [2.24, 2.45) is 10.9 Å². The van der Waals surface area contributed by atoms with Crippen molar-refractivity contribution in [2.45, 2.75) is 18.7 Å². The minimum absolute atomic E-state index is 0.178. The van der Waals surface area contributed by atoms with Crippen LogP contribution in [0.5, 0.6) is 0 Å². The predicted molar refractivity (Wildman–Crippen MR) is 108 cm³/mol. The Hall–Kier alpha value is -1.85. The zero-order valence-corrected chi connectivity index (χ0v) is 17.8. The number of ether oxygens (including phenoxy) is 1. The van der Waals surface area contributed by atoms with E-state index in [1.54, 1.807) is 13.1 Å². The first-order chi connectivity index (χ1) is 14.1. The molecule has 3 rings (SSSR count). The highest BCUT2D eigenvalue weighted by Gasteiger charge is 2.33. The van der Waals surface area contributed by atoms with Gasteiger partial charge < -0.3 is 15.0 Å². The van der Waals surface area contributed by atoms with E-state index >= 15 is 0 Å².